The first kappa shape index (κ1) is 15.0. The first-order valence-corrected chi connectivity index (χ1v) is 6.90. The van der Waals surface area contributed by atoms with Gasteiger partial charge >= 0.3 is 5.97 Å². The van der Waals surface area contributed by atoms with Gasteiger partial charge in [0.15, 0.2) is 5.71 Å². The molecular formula is C15H15N3O5. The standard InChI is InChI=1S/C15H15N3O5/c1-15-10(11(16-17-15)13(20)23-3)12(19)18(14(15)21)8-6-4-5-7-9(8)22-2/h4-7,10,17H,1-3H3/t10-,15-/m0/s1. The Morgan fingerprint density at radius 2 is 2.00 bits per heavy atom. The highest BCUT2D eigenvalue weighted by Gasteiger charge is 2.64. The first-order chi connectivity index (χ1) is 11.0. The van der Waals surface area contributed by atoms with Gasteiger partial charge in [-0.3, -0.25) is 15.0 Å². The summed E-state index contributed by atoms with van der Waals surface area (Å²) in [5.74, 6) is -2.44. The minimum Gasteiger partial charge on any atom is -0.495 e. The molecular weight excluding hydrogens is 302 g/mol. The molecule has 1 N–H and O–H groups in total. The zero-order chi connectivity index (χ0) is 16.8. The van der Waals surface area contributed by atoms with Crippen molar-refractivity contribution in [2.75, 3.05) is 19.1 Å². The van der Waals surface area contributed by atoms with Crippen LogP contribution in [0.5, 0.6) is 5.75 Å². The van der Waals surface area contributed by atoms with E-state index in [1.54, 1.807) is 24.3 Å². The van der Waals surface area contributed by atoms with E-state index in [4.69, 9.17) is 4.74 Å². The van der Waals surface area contributed by atoms with E-state index >= 15 is 0 Å². The average Bonchev–Trinajstić information content (AvgIpc) is 3.01. The number of hydrogen-bond acceptors (Lipinski definition) is 7. The molecule has 0 bridgehead atoms. The van der Waals surface area contributed by atoms with Gasteiger partial charge in [-0.25, -0.2) is 9.69 Å². The number of fused-ring (bicyclic) bond motifs is 1. The van der Waals surface area contributed by atoms with Crippen molar-refractivity contribution in [3.05, 3.63) is 24.3 Å². The van der Waals surface area contributed by atoms with Crippen LogP contribution in [0.15, 0.2) is 29.4 Å². The number of hydrogen-bond donors (Lipinski definition) is 1. The molecule has 8 heteroatoms. The van der Waals surface area contributed by atoms with Gasteiger partial charge in [-0.05, 0) is 19.1 Å². The lowest BCUT2D eigenvalue weighted by atomic mass is 9.86. The second kappa shape index (κ2) is 5.08. The van der Waals surface area contributed by atoms with Crippen LogP contribution in [0.25, 0.3) is 0 Å². The Bertz CT molecular complexity index is 744. The van der Waals surface area contributed by atoms with Gasteiger partial charge in [0.05, 0.1) is 19.9 Å². The number of esters is 1. The molecule has 0 aliphatic carbocycles. The molecule has 1 fully saturated rings. The Labute approximate surface area is 132 Å². The third-order valence-corrected chi connectivity index (χ3v) is 4.09. The zero-order valence-electron chi connectivity index (χ0n) is 12.8. The predicted octanol–water partition coefficient (Wildman–Crippen LogP) is 0.0755. The molecule has 2 aliphatic rings. The Kier molecular flexibility index (Phi) is 3.32. The molecule has 120 valence electrons. The minimum absolute atomic E-state index is 0.106. The van der Waals surface area contributed by atoms with Crippen molar-refractivity contribution in [3.8, 4) is 5.75 Å². The summed E-state index contributed by atoms with van der Waals surface area (Å²) >= 11 is 0. The number of carbonyl (C=O) groups is 3. The highest BCUT2D eigenvalue weighted by Crippen LogP contribution is 2.40. The lowest BCUT2D eigenvalue weighted by Gasteiger charge is -2.21. The van der Waals surface area contributed by atoms with Crippen molar-refractivity contribution in [1.29, 1.82) is 0 Å². The van der Waals surface area contributed by atoms with Gasteiger partial charge in [0.1, 0.15) is 17.2 Å². The van der Waals surface area contributed by atoms with Gasteiger partial charge in [-0.2, -0.15) is 5.10 Å². The Balaban J connectivity index is 2.07. The predicted molar refractivity (Wildman–Crippen MR) is 80.0 cm³/mol. The van der Waals surface area contributed by atoms with Crippen LogP contribution >= 0.6 is 0 Å². The van der Waals surface area contributed by atoms with E-state index in [2.05, 4.69) is 15.3 Å². The molecule has 0 spiro atoms. The maximum atomic E-state index is 12.8. The maximum absolute atomic E-state index is 12.8. The summed E-state index contributed by atoms with van der Waals surface area (Å²) in [7, 11) is 2.64. The van der Waals surface area contributed by atoms with Crippen LogP contribution in [0, 0.1) is 5.92 Å². The second-order valence-electron chi connectivity index (χ2n) is 5.39. The Morgan fingerprint density at radius 3 is 2.65 bits per heavy atom. The Hall–Kier alpha value is -2.90. The number of hydrazone groups is 1. The molecule has 2 heterocycles. The lowest BCUT2D eigenvalue weighted by Crippen LogP contribution is -2.48. The summed E-state index contributed by atoms with van der Waals surface area (Å²) in [6.45, 7) is 1.53. The number of nitrogens with zero attached hydrogens (tertiary/aromatic N) is 2. The molecule has 0 aromatic heterocycles. The molecule has 1 aromatic rings. The smallest absolute Gasteiger partial charge is 0.355 e. The minimum atomic E-state index is -1.32. The normalized spacial score (nSPS) is 25.8. The maximum Gasteiger partial charge on any atom is 0.355 e. The summed E-state index contributed by atoms with van der Waals surface area (Å²) in [5, 5.41) is 3.83. The number of methoxy groups -OCH3 is 2. The fourth-order valence-corrected chi connectivity index (χ4v) is 2.89. The number of benzene rings is 1. The Morgan fingerprint density at radius 1 is 1.30 bits per heavy atom. The van der Waals surface area contributed by atoms with Crippen LogP contribution in [0.4, 0.5) is 5.69 Å². The van der Waals surface area contributed by atoms with Gasteiger partial charge < -0.3 is 9.47 Å². The highest BCUT2D eigenvalue weighted by molar-refractivity contribution is 6.47. The summed E-state index contributed by atoms with van der Waals surface area (Å²) in [4.78, 5) is 38.5. The monoisotopic (exact) mass is 317 g/mol. The highest BCUT2D eigenvalue weighted by atomic mass is 16.5. The van der Waals surface area contributed by atoms with Crippen molar-refractivity contribution in [2.24, 2.45) is 11.0 Å². The second-order valence-corrected chi connectivity index (χ2v) is 5.39. The van der Waals surface area contributed by atoms with Crippen LogP contribution < -0.4 is 15.1 Å². The third kappa shape index (κ3) is 1.91. The van der Waals surface area contributed by atoms with E-state index in [0.29, 0.717) is 11.4 Å². The quantitative estimate of drug-likeness (QED) is 0.626. The number of rotatable bonds is 3. The van der Waals surface area contributed by atoms with Crippen molar-refractivity contribution in [3.63, 3.8) is 0 Å². The largest absolute Gasteiger partial charge is 0.495 e. The number of anilines is 1. The molecule has 8 nitrogen and oxygen atoms in total. The number of carbonyl (C=O) groups excluding carboxylic acids is 3. The van der Waals surface area contributed by atoms with Gasteiger partial charge in [0.2, 0.25) is 5.91 Å². The molecule has 23 heavy (non-hydrogen) atoms. The van der Waals surface area contributed by atoms with Crippen LogP contribution in [0.3, 0.4) is 0 Å². The molecule has 0 unspecified atom stereocenters. The van der Waals surface area contributed by atoms with E-state index in [1.165, 1.54) is 21.1 Å². The van der Waals surface area contributed by atoms with Crippen molar-refractivity contribution in [1.82, 2.24) is 5.43 Å². The fourth-order valence-electron chi connectivity index (χ4n) is 2.89. The van der Waals surface area contributed by atoms with Gasteiger partial charge in [-0.15, -0.1) is 0 Å². The van der Waals surface area contributed by atoms with E-state index in [1.807, 2.05) is 0 Å². The molecule has 1 aromatic carbocycles. The SMILES string of the molecule is COC(=O)C1=NN[C@]2(C)C(=O)N(c3ccccc3OC)C(=O)[C@H]12. The van der Waals surface area contributed by atoms with E-state index in [9.17, 15) is 14.4 Å². The van der Waals surface area contributed by atoms with Gasteiger partial charge in [0, 0.05) is 0 Å². The van der Waals surface area contributed by atoms with Crippen molar-refractivity contribution in [2.45, 2.75) is 12.5 Å². The first-order valence-electron chi connectivity index (χ1n) is 6.90. The molecule has 3 rings (SSSR count). The van der Waals surface area contributed by atoms with E-state index < -0.39 is 29.2 Å². The number of amides is 2. The van der Waals surface area contributed by atoms with Gasteiger partial charge in [0.25, 0.3) is 5.91 Å². The number of para-hydroxylation sites is 2. The van der Waals surface area contributed by atoms with Gasteiger partial charge in [-0.1, -0.05) is 12.1 Å². The van der Waals surface area contributed by atoms with Crippen LogP contribution in [-0.2, 0) is 19.1 Å². The molecule has 0 radical (unpaired) electrons. The zero-order valence-corrected chi connectivity index (χ0v) is 12.8. The average molecular weight is 317 g/mol. The summed E-state index contributed by atoms with van der Waals surface area (Å²) in [6, 6.07) is 6.68. The van der Waals surface area contributed by atoms with E-state index in [-0.39, 0.29) is 5.71 Å². The number of imide groups is 1. The molecule has 2 aliphatic heterocycles. The fraction of sp³-hybridized carbons (Fsp3) is 0.333. The van der Waals surface area contributed by atoms with Crippen LogP contribution in [0.1, 0.15) is 6.92 Å². The molecule has 2 atom stereocenters. The van der Waals surface area contributed by atoms with Crippen LogP contribution in [0.2, 0.25) is 0 Å². The third-order valence-electron chi connectivity index (χ3n) is 4.09. The van der Waals surface area contributed by atoms with E-state index in [0.717, 1.165) is 4.90 Å². The number of nitrogens with one attached hydrogen (secondary N) is 1. The molecule has 2 amide bonds. The number of ether oxygens (including phenoxy) is 2. The lowest BCUT2D eigenvalue weighted by molar-refractivity contribution is -0.133. The summed E-state index contributed by atoms with van der Waals surface area (Å²) < 4.78 is 9.86. The van der Waals surface area contributed by atoms with Crippen molar-refractivity contribution < 1.29 is 23.9 Å². The molecule has 0 saturated carbocycles. The molecule has 1 saturated heterocycles. The topological polar surface area (TPSA) is 97.3 Å². The van der Waals surface area contributed by atoms with Crippen LogP contribution in [-0.4, -0.2) is 43.3 Å². The summed E-state index contributed by atoms with van der Waals surface area (Å²) in [6.07, 6.45) is 0. The summed E-state index contributed by atoms with van der Waals surface area (Å²) in [5.41, 5.74) is 1.51. The van der Waals surface area contributed by atoms with Crippen molar-refractivity contribution >= 4 is 29.2 Å².